The van der Waals surface area contributed by atoms with Crippen LogP contribution in [0.3, 0.4) is 0 Å². The van der Waals surface area contributed by atoms with Gasteiger partial charge in [-0.15, -0.1) is 11.3 Å². The van der Waals surface area contributed by atoms with Crippen molar-refractivity contribution in [3.63, 3.8) is 0 Å². The number of nitrogens with one attached hydrogen (secondary N) is 5. The van der Waals surface area contributed by atoms with Gasteiger partial charge in [0.15, 0.2) is 5.01 Å². The topological polar surface area (TPSA) is 286 Å². The number of anilines is 1. The van der Waals surface area contributed by atoms with E-state index < -0.39 is 91.2 Å². The largest absolute Gasteiger partial charge is 0.481 e. The minimum atomic E-state index is -1.80. The number of amides is 5. The van der Waals surface area contributed by atoms with Gasteiger partial charge in [-0.05, 0) is 49.4 Å². The monoisotopic (exact) mass is 767 g/mol. The predicted molar refractivity (Wildman–Crippen MR) is 193 cm³/mol. The molecule has 0 spiro atoms. The quantitative estimate of drug-likeness (QED) is 0.0862. The van der Waals surface area contributed by atoms with Crippen LogP contribution in [0.25, 0.3) is 10.2 Å². The summed E-state index contributed by atoms with van der Waals surface area (Å²) in [6.07, 6.45) is -4.40. The Labute approximate surface area is 313 Å². The fraction of sp³-hybridized carbons (Fsp3) is 0.400. The predicted octanol–water partition coefficient (Wildman–Crippen LogP) is 1.62. The first-order valence-electron chi connectivity index (χ1n) is 16.7. The van der Waals surface area contributed by atoms with E-state index in [9.17, 15) is 48.9 Å². The molecular weight excluding hydrogens is 726 g/mol. The van der Waals surface area contributed by atoms with Gasteiger partial charge in [0.05, 0.1) is 22.7 Å². The van der Waals surface area contributed by atoms with Crippen LogP contribution in [0, 0.1) is 17.2 Å². The number of ether oxygens (including phenoxy) is 1. The third kappa shape index (κ3) is 13.4. The van der Waals surface area contributed by atoms with E-state index in [1.54, 1.807) is 44.2 Å². The fourth-order valence-corrected chi connectivity index (χ4v) is 5.81. The molecule has 1 aromatic heterocycles. The molecule has 5 atom stereocenters. The second-order valence-corrected chi connectivity index (χ2v) is 13.6. The van der Waals surface area contributed by atoms with Gasteiger partial charge >= 0.3 is 18.0 Å². The Kier molecular flexibility index (Phi) is 15.8. The van der Waals surface area contributed by atoms with Crippen molar-refractivity contribution in [3.8, 4) is 6.07 Å². The van der Waals surface area contributed by atoms with Crippen molar-refractivity contribution >= 4 is 68.9 Å². The maximum atomic E-state index is 13.5. The zero-order chi connectivity index (χ0) is 39.9. The number of aliphatic hydroxyl groups excluding tert-OH is 1. The summed E-state index contributed by atoms with van der Waals surface area (Å²) >= 11 is 1.06. The highest BCUT2D eigenvalue weighted by Gasteiger charge is 2.34. The molecule has 54 heavy (non-hydrogen) atoms. The van der Waals surface area contributed by atoms with Crippen LogP contribution in [0.15, 0.2) is 48.5 Å². The first-order valence-corrected chi connectivity index (χ1v) is 17.5. The van der Waals surface area contributed by atoms with Crippen LogP contribution >= 0.6 is 11.3 Å². The van der Waals surface area contributed by atoms with Crippen molar-refractivity contribution in [1.82, 2.24) is 26.3 Å². The lowest BCUT2D eigenvalue weighted by Gasteiger charge is -2.27. The van der Waals surface area contributed by atoms with Crippen molar-refractivity contribution in [3.05, 3.63) is 59.1 Å². The fourth-order valence-electron chi connectivity index (χ4n) is 5.00. The Balaban J connectivity index is 1.74. The molecule has 0 aliphatic rings. The number of hydrogen-bond acceptors (Lipinski definition) is 12. The maximum absolute atomic E-state index is 13.5. The number of alkyl carbamates (subject to hydrolysis) is 1. The average molecular weight is 768 g/mol. The molecule has 5 amide bonds. The second kappa shape index (κ2) is 20.2. The van der Waals surface area contributed by atoms with E-state index in [1.807, 2.05) is 6.07 Å². The Morgan fingerprint density at radius 3 is 2.11 bits per heavy atom. The highest BCUT2D eigenvalue weighted by Crippen LogP contribution is 2.25. The molecule has 0 saturated heterocycles. The first-order chi connectivity index (χ1) is 25.6. The summed E-state index contributed by atoms with van der Waals surface area (Å²) in [4.78, 5) is 93.2. The lowest BCUT2D eigenvalue weighted by molar-refractivity contribution is -0.141. The van der Waals surface area contributed by atoms with Gasteiger partial charge in [-0.2, -0.15) is 5.26 Å². The summed E-state index contributed by atoms with van der Waals surface area (Å²) in [6, 6.07) is 8.87. The summed E-state index contributed by atoms with van der Waals surface area (Å²) in [5.74, 6) is -6.97. The third-order valence-electron chi connectivity index (χ3n) is 7.63. The van der Waals surface area contributed by atoms with Crippen LogP contribution in [0.5, 0.6) is 0 Å². The molecular formula is C35H41N7O11S. The van der Waals surface area contributed by atoms with Crippen molar-refractivity contribution in [2.45, 2.75) is 83.3 Å². The number of aliphatic hydroxyl groups is 1. The average Bonchev–Trinajstić information content (AvgIpc) is 3.53. The molecule has 0 aliphatic carbocycles. The number of hydrogen-bond donors (Lipinski definition) is 8. The highest BCUT2D eigenvalue weighted by atomic mass is 32.1. The number of benzene rings is 2. The number of rotatable bonds is 19. The van der Waals surface area contributed by atoms with Crippen LogP contribution in [-0.4, -0.2) is 92.2 Å². The number of carboxylic acids is 2. The van der Waals surface area contributed by atoms with Crippen molar-refractivity contribution < 1.29 is 53.6 Å². The number of carboxylic acid groups (broad SMARTS) is 2. The molecule has 288 valence electrons. The molecule has 0 aliphatic heterocycles. The molecule has 0 saturated carbocycles. The van der Waals surface area contributed by atoms with E-state index in [0.29, 0.717) is 15.8 Å². The van der Waals surface area contributed by atoms with E-state index in [4.69, 9.17) is 10.00 Å². The van der Waals surface area contributed by atoms with Gasteiger partial charge in [0.2, 0.25) is 23.6 Å². The lowest BCUT2D eigenvalue weighted by Crippen LogP contribution is -2.60. The first kappa shape index (κ1) is 42.3. The standard InChI is InChI=1S/C35H41N7O11S/c1-18(2)13-24(41-35(52)53-17-20-7-5-4-6-8-20)33(50)39-23(11-12-28(44)45)31(48)42-30(19(3)43)34(51)40-25(15-29(46)47)32(49)37-21-9-10-22-26(14-21)54-27(16-36)38-22/h4-10,14,18-19,23-25,30,43H,11-13,15,17H2,1-3H3,(H,37,49)(H,39,50)(H,40,51)(H,41,52)(H,42,48)(H,44,45)(H,46,47). The Morgan fingerprint density at radius 2 is 1.50 bits per heavy atom. The summed E-state index contributed by atoms with van der Waals surface area (Å²) in [5, 5.41) is 50.3. The van der Waals surface area contributed by atoms with Crippen LogP contribution in [-0.2, 0) is 40.1 Å². The van der Waals surface area contributed by atoms with Crippen molar-refractivity contribution in [2.75, 3.05) is 5.32 Å². The van der Waals surface area contributed by atoms with E-state index >= 15 is 0 Å². The number of thiazole rings is 1. The van der Waals surface area contributed by atoms with Gasteiger partial charge in [0.25, 0.3) is 0 Å². The maximum Gasteiger partial charge on any atom is 0.408 e. The van der Waals surface area contributed by atoms with Crippen LogP contribution in [0.4, 0.5) is 10.5 Å². The molecule has 19 heteroatoms. The number of aromatic nitrogens is 1. The summed E-state index contributed by atoms with van der Waals surface area (Å²) < 4.78 is 5.77. The molecule has 0 radical (unpaired) electrons. The SMILES string of the molecule is CC(C)CC(NC(=O)OCc1ccccc1)C(=O)NC(CCC(=O)O)C(=O)NC(C(=O)NC(CC(=O)O)C(=O)Nc1ccc2nc(C#N)sc2c1)C(C)O. The summed E-state index contributed by atoms with van der Waals surface area (Å²) in [6.45, 7) is 4.60. The van der Waals surface area contributed by atoms with Gasteiger partial charge in [0.1, 0.15) is 36.8 Å². The molecule has 0 bridgehead atoms. The number of nitrogens with zero attached hydrogens (tertiary/aromatic N) is 2. The zero-order valence-corrected chi connectivity index (χ0v) is 30.3. The summed E-state index contributed by atoms with van der Waals surface area (Å²) in [7, 11) is 0. The normalized spacial score (nSPS) is 13.6. The Morgan fingerprint density at radius 1 is 0.833 bits per heavy atom. The Bertz CT molecular complexity index is 1880. The van der Waals surface area contributed by atoms with Gasteiger partial charge in [-0.3, -0.25) is 28.8 Å². The van der Waals surface area contributed by atoms with Gasteiger partial charge < -0.3 is 46.6 Å². The number of carbonyl (C=O) groups is 7. The lowest BCUT2D eigenvalue weighted by atomic mass is 10.0. The Hall–Kier alpha value is -6.13. The minimum absolute atomic E-state index is 0.0865. The van der Waals surface area contributed by atoms with Gasteiger partial charge in [-0.25, -0.2) is 9.78 Å². The number of fused-ring (bicyclic) bond motifs is 1. The molecule has 2 aromatic carbocycles. The van der Waals surface area contributed by atoms with Gasteiger partial charge in [0, 0.05) is 12.1 Å². The molecule has 5 unspecified atom stereocenters. The van der Waals surface area contributed by atoms with Gasteiger partial charge in [-0.1, -0.05) is 44.2 Å². The van der Waals surface area contributed by atoms with E-state index in [2.05, 4.69) is 31.6 Å². The molecule has 8 N–H and O–H groups in total. The smallest absolute Gasteiger partial charge is 0.408 e. The minimum Gasteiger partial charge on any atom is -0.481 e. The molecule has 0 fully saturated rings. The molecule has 1 heterocycles. The molecule has 3 rings (SSSR count). The van der Waals surface area contributed by atoms with E-state index in [0.717, 1.165) is 18.3 Å². The number of nitriles is 1. The highest BCUT2D eigenvalue weighted by molar-refractivity contribution is 7.19. The van der Waals surface area contributed by atoms with Crippen molar-refractivity contribution in [2.24, 2.45) is 5.92 Å². The molecule has 18 nitrogen and oxygen atoms in total. The zero-order valence-electron chi connectivity index (χ0n) is 29.5. The second-order valence-electron chi connectivity index (χ2n) is 12.6. The number of aliphatic carboxylic acids is 2. The van der Waals surface area contributed by atoms with Crippen LogP contribution < -0.4 is 26.6 Å². The van der Waals surface area contributed by atoms with Crippen molar-refractivity contribution in [1.29, 1.82) is 5.26 Å². The van der Waals surface area contributed by atoms with E-state index in [-0.39, 0.29) is 29.6 Å². The number of carbonyl (C=O) groups excluding carboxylic acids is 5. The molecule has 3 aromatic rings. The van der Waals surface area contributed by atoms with E-state index in [1.165, 1.54) is 18.2 Å². The summed E-state index contributed by atoms with van der Waals surface area (Å²) in [5.41, 5.74) is 1.39. The van der Waals surface area contributed by atoms with Crippen LogP contribution in [0.2, 0.25) is 0 Å². The van der Waals surface area contributed by atoms with Crippen LogP contribution in [0.1, 0.15) is 57.0 Å². The third-order valence-corrected chi connectivity index (χ3v) is 8.56.